The largest absolute Gasteiger partial charge is 0.492 e. The van der Waals surface area contributed by atoms with Crippen molar-refractivity contribution in [3.63, 3.8) is 0 Å². The van der Waals surface area contributed by atoms with E-state index in [2.05, 4.69) is 32.8 Å². The first kappa shape index (κ1) is 21.1. The van der Waals surface area contributed by atoms with E-state index in [0.29, 0.717) is 17.1 Å². The number of aryl methyl sites for hydroxylation is 1. The highest BCUT2D eigenvalue weighted by Crippen LogP contribution is 2.29. The van der Waals surface area contributed by atoms with Crippen LogP contribution < -0.4 is 5.56 Å². The van der Waals surface area contributed by atoms with E-state index >= 15 is 0 Å². The van der Waals surface area contributed by atoms with Crippen LogP contribution in [0.2, 0.25) is 0 Å². The molecule has 6 nitrogen and oxygen atoms in total. The highest BCUT2D eigenvalue weighted by Gasteiger charge is 2.19. The first-order chi connectivity index (χ1) is 15.0. The molecule has 3 aromatic carbocycles. The fourth-order valence-corrected chi connectivity index (χ4v) is 3.76. The van der Waals surface area contributed by atoms with Crippen LogP contribution in [0.5, 0.6) is 5.88 Å². The minimum atomic E-state index is -0.550. The summed E-state index contributed by atoms with van der Waals surface area (Å²) in [5.41, 5.74) is 2.09. The Balaban J connectivity index is 1.98. The lowest BCUT2D eigenvalue weighted by Gasteiger charge is -2.16. The molecule has 0 bridgehead atoms. The molecule has 0 aliphatic rings. The van der Waals surface area contributed by atoms with Crippen molar-refractivity contribution in [3.8, 4) is 17.3 Å². The van der Waals surface area contributed by atoms with E-state index < -0.39 is 5.56 Å². The maximum Gasteiger partial charge on any atom is 0.290 e. The van der Waals surface area contributed by atoms with Crippen molar-refractivity contribution in [1.82, 2.24) is 9.13 Å². The monoisotopic (exact) mass is 540 g/mol. The minimum absolute atomic E-state index is 0.129. The summed E-state index contributed by atoms with van der Waals surface area (Å²) in [4.78, 5) is 13.3. The summed E-state index contributed by atoms with van der Waals surface area (Å²) in [5.74, 6) is -0.362. The number of aromatic nitrogens is 2. The molecule has 0 amide bonds. The summed E-state index contributed by atoms with van der Waals surface area (Å²) in [6, 6.07) is 23.8. The summed E-state index contributed by atoms with van der Waals surface area (Å²) in [6.07, 6.45) is 0. The van der Waals surface area contributed by atoms with E-state index in [1.54, 1.807) is 24.3 Å². The maximum absolute atomic E-state index is 13.3. The number of hydrogen-bond acceptors (Lipinski definition) is 5. The maximum atomic E-state index is 13.3. The van der Waals surface area contributed by atoms with Gasteiger partial charge in [0.15, 0.2) is 4.77 Å². The van der Waals surface area contributed by atoms with Gasteiger partial charge in [0, 0.05) is 3.57 Å². The standard InChI is InChI=1S/C23H17IN4O2S/c1-15-7-11-17(12-8-15)25-26-20-21(29)27(18-5-3-2-4-6-18)23(31)28(22(20)30)19-13-9-16(24)10-14-19/h2-14,30H,1H3. The van der Waals surface area contributed by atoms with E-state index in [1.807, 2.05) is 61.5 Å². The Morgan fingerprint density at radius 2 is 1.45 bits per heavy atom. The Bertz CT molecular complexity index is 1380. The normalized spacial score (nSPS) is 11.2. The second-order valence-corrected chi connectivity index (χ2v) is 8.39. The van der Waals surface area contributed by atoms with Gasteiger partial charge in [-0.1, -0.05) is 35.9 Å². The molecule has 4 rings (SSSR count). The van der Waals surface area contributed by atoms with E-state index in [9.17, 15) is 9.90 Å². The number of benzene rings is 3. The van der Waals surface area contributed by atoms with Crippen molar-refractivity contribution in [2.24, 2.45) is 10.2 Å². The fourth-order valence-electron chi connectivity index (χ4n) is 3.02. The highest BCUT2D eigenvalue weighted by molar-refractivity contribution is 14.1. The number of hydrogen-bond donors (Lipinski definition) is 1. The molecule has 0 fully saturated rings. The zero-order valence-corrected chi connectivity index (χ0v) is 19.4. The van der Waals surface area contributed by atoms with Crippen molar-refractivity contribution in [2.75, 3.05) is 0 Å². The van der Waals surface area contributed by atoms with E-state index in [4.69, 9.17) is 12.2 Å². The van der Waals surface area contributed by atoms with Crippen molar-refractivity contribution >= 4 is 46.2 Å². The van der Waals surface area contributed by atoms with Gasteiger partial charge in [-0.2, -0.15) is 5.11 Å². The molecule has 1 heterocycles. The number of aromatic hydroxyl groups is 1. The third kappa shape index (κ3) is 4.35. The van der Waals surface area contributed by atoms with Crippen LogP contribution in [-0.2, 0) is 0 Å². The molecule has 0 spiro atoms. The van der Waals surface area contributed by atoms with Gasteiger partial charge in [0.1, 0.15) is 0 Å². The number of para-hydroxylation sites is 1. The zero-order chi connectivity index (χ0) is 22.0. The van der Waals surface area contributed by atoms with Gasteiger partial charge >= 0.3 is 0 Å². The third-order valence-corrected chi connectivity index (χ3v) is 5.69. The van der Waals surface area contributed by atoms with E-state index in [1.165, 1.54) is 9.13 Å². The molecule has 8 heteroatoms. The smallest absolute Gasteiger partial charge is 0.290 e. The molecular formula is C23H17IN4O2S. The molecule has 4 aromatic rings. The number of azo groups is 1. The predicted molar refractivity (Wildman–Crippen MR) is 132 cm³/mol. The lowest BCUT2D eigenvalue weighted by Crippen LogP contribution is -2.23. The first-order valence-corrected chi connectivity index (χ1v) is 10.9. The molecule has 154 valence electrons. The van der Waals surface area contributed by atoms with Crippen LogP contribution in [0.15, 0.2) is 93.9 Å². The molecular weight excluding hydrogens is 523 g/mol. The molecule has 0 radical (unpaired) electrons. The quantitative estimate of drug-likeness (QED) is 0.185. The molecule has 0 saturated carbocycles. The van der Waals surface area contributed by atoms with Gasteiger partial charge in [-0.25, -0.2) is 0 Å². The minimum Gasteiger partial charge on any atom is -0.492 e. The Hall–Kier alpha value is -3.11. The molecule has 1 N–H and O–H groups in total. The Kier molecular flexibility index (Phi) is 6.10. The number of halogens is 1. The van der Waals surface area contributed by atoms with E-state index in [-0.39, 0.29) is 16.3 Å². The topological polar surface area (TPSA) is 71.9 Å². The first-order valence-electron chi connectivity index (χ1n) is 9.36. The van der Waals surface area contributed by atoms with Gasteiger partial charge in [-0.3, -0.25) is 13.9 Å². The van der Waals surface area contributed by atoms with Gasteiger partial charge in [-0.05, 0) is 90.3 Å². The molecule has 0 aliphatic heterocycles. The van der Waals surface area contributed by atoms with Gasteiger partial charge in [0.25, 0.3) is 5.56 Å². The van der Waals surface area contributed by atoms with Crippen LogP contribution in [-0.4, -0.2) is 14.2 Å². The molecule has 1 aromatic heterocycles. The van der Waals surface area contributed by atoms with E-state index in [0.717, 1.165) is 9.13 Å². The lowest BCUT2D eigenvalue weighted by molar-refractivity contribution is 0.432. The Morgan fingerprint density at radius 1 is 0.839 bits per heavy atom. The average molecular weight is 540 g/mol. The summed E-state index contributed by atoms with van der Waals surface area (Å²) in [6.45, 7) is 1.97. The number of rotatable bonds is 4. The average Bonchev–Trinajstić information content (AvgIpc) is 2.77. The highest BCUT2D eigenvalue weighted by atomic mass is 127. The molecule has 0 unspecified atom stereocenters. The van der Waals surface area contributed by atoms with Crippen LogP contribution in [0.3, 0.4) is 0 Å². The zero-order valence-electron chi connectivity index (χ0n) is 16.4. The van der Waals surface area contributed by atoms with Crippen molar-refractivity contribution in [3.05, 3.63) is 103 Å². The summed E-state index contributed by atoms with van der Waals surface area (Å²) >= 11 is 7.80. The lowest BCUT2D eigenvalue weighted by atomic mass is 10.2. The van der Waals surface area contributed by atoms with Crippen LogP contribution in [0.25, 0.3) is 11.4 Å². The molecule has 0 aliphatic carbocycles. The summed E-state index contributed by atoms with van der Waals surface area (Å²) in [7, 11) is 0. The Morgan fingerprint density at radius 3 is 2.10 bits per heavy atom. The number of nitrogens with zero attached hydrogens (tertiary/aromatic N) is 4. The van der Waals surface area contributed by atoms with Crippen LogP contribution in [0.4, 0.5) is 11.4 Å². The molecule has 0 saturated heterocycles. The van der Waals surface area contributed by atoms with Crippen molar-refractivity contribution in [2.45, 2.75) is 6.92 Å². The van der Waals surface area contributed by atoms with Crippen molar-refractivity contribution < 1.29 is 5.11 Å². The predicted octanol–water partition coefficient (Wildman–Crippen LogP) is 6.39. The van der Waals surface area contributed by atoms with Crippen molar-refractivity contribution in [1.29, 1.82) is 0 Å². The second-order valence-electron chi connectivity index (χ2n) is 6.78. The van der Waals surface area contributed by atoms with Gasteiger partial charge in [-0.15, -0.1) is 5.11 Å². The Labute approximate surface area is 197 Å². The third-order valence-electron chi connectivity index (χ3n) is 4.61. The summed E-state index contributed by atoms with van der Waals surface area (Å²) in [5, 5.41) is 19.3. The van der Waals surface area contributed by atoms with Crippen LogP contribution >= 0.6 is 34.8 Å². The molecule has 31 heavy (non-hydrogen) atoms. The molecule has 0 atom stereocenters. The SMILES string of the molecule is Cc1ccc(N=Nc2c(O)n(-c3ccc(I)cc3)c(=S)n(-c3ccccc3)c2=O)cc1. The van der Waals surface area contributed by atoms with Crippen LogP contribution in [0.1, 0.15) is 5.56 Å². The summed E-state index contributed by atoms with van der Waals surface area (Å²) < 4.78 is 3.92. The van der Waals surface area contributed by atoms with Gasteiger partial charge in [0.2, 0.25) is 11.6 Å². The van der Waals surface area contributed by atoms with Gasteiger partial charge in [0.05, 0.1) is 17.1 Å². The second kappa shape index (κ2) is 8.94. The van der Waals surface area contributed by atoms with Crippen LogP contribution in [0, 0.1) is 15.3 Å². The van der Waals surface area contributed by atoms with Gasteiger partial charge < -0.3 is 5.11 Å². The fraction of sp³-hybridized carbons (Fsp3) is 0.0435.